The maximum absolute atomic E-state index is 12.6. The summed E-state index contributed by atoms with van der Waals surface area (Å²) in [7, 11) is 0. The van der Waals surface area contributed by atoms with Crippen LogP contribution in [0.5, 0.6) is 0 Å². The normalized spacial score (nSPS) is 25.5. The second-order valence-corrected chi connectivity index (χ2v) is 7.83. The molecule has 1 aliphatic heterocycles. The average molecular weight is 268 g/mol. The Bertz CT molecular complexity index is 363. The number of piperazine rings is 1. The third kappa shape index (κ3) is 3.95. The molecule has 2 unspecified atom stereocenters. The Hall–Kier alpha value is -1.06. The third-order valence-corrected chi connectivity index (χ3v) is 3.63. The van der Waals surface area contributed by atoms with E-state index in [4.69, 9.17) is 0 Å². The summed E-state index contributed by atoms with van der Waals surface area (Å²) in [6.45, 7) is 14.8. The van der Waals surface area contributed by atoms with Crippen LogP contribution in [0.15, 0.2) is 0 Å². The van der Waals surface area contributed by atoms with Crippen LogP contribution >= 0.6 is 0 Å². The van der Waals surface area contributed by atoms with Crippen LogP contribution in [0.4, 0.5) is 0 Å². The fraction of sp³-hybridized carbons (Fsp3) is 0.867. The Labute approximate surface area is 116 Å². The van der Waals surface area contributed by atoms with E-state index in [1.807, 2.05) is 20.8 Å². The molecule has 0 aromatic carbocycles. The van der Waals surface area contributed by atoms with Crippen molar-refractivity contribution >= 4 is 11.8 Å². The minimum atomic E-state index is -0.420. The fourth-order valence-electron chi connectivity index (χ4n) is 2.17. The Morgan fingerprint density at radius 1 is 1.11 bits per heavy atom. The molecule has 4 nitrogen and oxygen atoms in total. The highest BCUT2D eigenvalue weighted by Crippen LogP contribution is 2.27. The van der Waals surface area contributed by atoms with E-state index in [0.717, 1.165) is 6.42 Å². The van der Waals surface area contributed by atoms with E-state index >= 15 is 0 Å². The van der Waals surface area contributed by atoms with E-state index in [1.165, 1.54) is 0 Å². The van der Waals surface area contributed by atoms with Crippen LogP contribution in [0.25, 0.3) is 0 Å². The van der Waals surface area contributed by atoms with Crippen LogP contribution in [-0.4, -0.2) is 35.3 Å². The van der Waals surface area contributed by atoms with Gasteiger partial charge in [-0.1, -0.05) is 41.5 Å². The predicted molar refractivity (Wildman–Crippen MR) is 76.6 cm³/mol. The topological polar surface area (TPSA) is 49.4 Å². The molecule has 110 valence electrons. The van der Waals surface area contributed by atoms with E-state index in [9.17, 15) is 9.59 Å². The number of rotatable bonds is 2. The fourth-order valence-corrected chi connectivity index (χ4v) is 2.17. The molecule has 1 saturated heterocycles. The van der Waals surface area contributed by atoms with Crippen molar-refractivity contribution in [3.63, 3.8) is 0 Å². The van der Waals surface area contributed by atoms with E-state index < -0.39 is 6.04 Å². The molecule has 0 aromatic rings. The Morgan fingerprint density at radius 2 is 1.63 bits per heavy atom. The summed E-state index contributed by atoms with van der Waals surface area (Å²) >= 11 is 0. The third-order valence-electron chi connectivity index (χ3n) is 3.63. The van der Waals surface area contributed by atoms with Crippen molar-refractivity contribution in [2.75, 3.05) is 6.54 Å². The van der Waals surface area contributed by atoms with Gasteiger partial charge in [-0.2, -0.15) is 0 Å². The summed E-state index contributed by atoms with van der Waals surface area (Å²) in [6.07, 6.45) is 0.896. The van der Waals surface area contributed by atoms with Crippen LogP contribution in [0, 0.1) is 10.8 Å². The molecule has 0 aliphatic carbocycles. The lowest BCUT2D eigenvalue weighted by Gasteiger charge is -2.43. The lowest BCUT2D eigenvalue weighted by Crippen LogP contribution is -2.66. The van der Waals surface area contributed by atoms with Gasteiger partial charge in [0.2, 0.25) is 11.8 Å². The van der Waals surface area contributed by atoms with Crippen molar-refractivity contribution in [2.45, 2.75) is 67.0 Å². The molecule has 1 heterocycles. The Kier molecular flexibility index (Phi) is 4.33. The zero-order valence-electron chi connectivity index (χ0n) is 13.3. The smallest absolute Gasteiger partial charge is 0.246 e. The second-order valence-electron chi connectivity index (χ2n) is 7.83. The van der Waals surface area contributed by atoms with Crippen molar-refractivity contribution in [3.8, 4) is 0 Å². The minimum Gasteiger partial charge on any atom is -0.342 e. The molecule has 1 rings (SSSR count). The first-order chi connectivity index (χ1) is 8.43. The van der Waals surface area contributed by atoms with Gasteiger partial charge in [-0.05, 0) is 24.2 Å². The van der Waals surface area contributed by atoms with Gasteiger partial charge in [0.1, 0.15) is 12.1 Å². The number of carbonyl (C=O) groups excluding carboxylic acids is 2. The number of amides is 2. The maximum Gasteiger partial charge on any atom is 0.246 e. The van der Waals surface area contributed by atoms with Crippen molar-refractivity contribution in [1.82, 2.24) is 10.2 Å². The van der Waals surface area contributed by atoms with Gasteiger partial charge in [0, 0.05) is 6.54 Å². The van der Waals surface area contributed by atoms with Crippen LogP contribution < -0.4 is 5.32 Å². The van der Waals surface area contributed by atoms with Crippen molar-refractivity contribution < 1.29 is 9.59 Å². The molecule has 1 aliphatic rings. The molecule has 2 atom stereocenters. The van der Waals surface area contributed by atoms with E-state index in [-0.39, 0.29) is 28.7 Å². The van der Waals surface area contributed by atoms with Gasteiger partial charge in [0.25, 0.3) is 0 Å². The summed E-state index contributed by atoms with van der Waals surface area (Å²) in [5.74, 6) is -0.00251. The monoisotopic (exact) mass is 268 g/mol. The molecule has 0 saturated carbocycles. The highest BCUT2D eigenvalue weighted by Gasteiger charge is 2.43. The number of hydrogen-bond donors (Lipinski definition) is 1. The van der Waals surface area contributed by atoms with Crippen LogP contribution in [-0.2, 0) is 9.59 Å². The van der Waals surface area contributed by atoms with Crippen molar-refractivity contribution in [1.29, 1.82) is 0 Å². The maximum atomic E-state index is 12.6. The van der Waals surface area contributed by atoms with Crippen LogP contribution in [0.2, 0.25) is 0 Å². The summed E-state index contributed by atoms with van der Waals surface area (Å²) < 4.78 is 0. The Morgan fingerprint density at radius 3 is 2.05 bits per heavy atom. The van der Waals surface area contributed by atoms with E-state index in [2.05, 4.69) is 26.1 Å². The van der Waals surface area contributed by atoms with Crippen molar-refractivity contribution in [2.24, 2.45) is 10.8 Å². The first-order valence-corrected chi connectivity index (χ1v) is 7.04. The largest absolute Gasteiger partial charge is 0.342 e. The van der Waals surface area contributed by atoms with E-state index in [1.54, 1.807) is 11.8 Å². The lowest BCUT2D eigenvalue weighted by atomic mass is 9.83. The van der Waals surface area contributed by atoms with Gasteiger partial charge in [-0.15, -0.1) is 0 Å². The van der Waals surface area contributed by atoms with Gasteiger partial charge in [0.15, 0.2) is 0 Å². The number of nitrogens with one attached hydrogen (secondary N) is 1. The SMILES string of the molecule is CC1C(=O)NC(C(C)(C)C)C(=O)N1CCC(C)(C)C. The summed E-state index contributed by atoms with van der Waals surface area (Å²) in [5, 5.41) is 2.85. The molecule has 0 bridgehead atoms. The molecule has 0 radical (unpaired) electrons. The number of carbonyl (C=O) groups is 2. The molecular weight excluding hydrogens is 240 g/mol. The summed E-state index contributed by atoms with van der Waals surface area (Å²) in [5.41, 5.74) is -0.0992. The molecule has 1 fully saturated rings. The first-order valence-electron chi connectivity index (χ1n) is 7.04. The molecular formula is C15H28N2O2. The highest BCUT2D eigenvalue weighted by molar-refractivity contribution is 5.97. The number of nitrogens with zero attached hydrogens (tertiary/aromatic N) is 1. The summed E-state index contributed by atoms with van der Waals surface area (Å²) in [4.78, 5) is 26.3. The quantitative estimate of drug-likeness (QED) is 0.834. The second kappa shape index (κ2) is 5.14. The van der Waals surface area contributed by atoms with Gasteiger partial charge >= 0.3 is 0 Å². The Balaban J connectivity index is 2.88. The standard InChI is InChI=1S/C15H28N2O2/c1-10-12(18)16-11(15(5,6)7)13(19)17(10)9-8-14(2,3)4/h10-11H,8-9H2,1-7H3,(H,16,18). The van der Waals surface area contributed by atoms with Gasteiger partial charge in [0.05, 0.1) is 0 Å². The van der Waals surface area contributed by atoms with E-state index in [0.29, 0.717) is 6.54 Å². The van der Waals surface area contributed by atoms with Gasteiger partial charge < -0.3 is 10.2 Å². The minimum absolute atomic E-state index is 0.0452. The van der Waals surface area contributed by atoms with Crippen LogP contribution in [0.1, 0.15) is 54.9 Å². The molecule has 0 spiro atoms. The zero-order chi connectivity index (χ0) is 15.0. The van der Waals surface area contributed by atoms with Gasteiger partial charge in [-0.3, -0.25) is 9.59 Å². The molecule has 2 amide bonds. The molecule has 4 heteroatoms. The molecule has 1 N–H and O–H groups in total. The highest BCUT2D eigenvalue weighted by atomic mass is 16.2. The lowest BCUT2D eigenvalue weighted by molar-refractivity contribution is -0.152. The molecule has 0 aromatic heterocycles. The molecule has 19 heavy (non-hydrogen) atoms. The zero-order valence-corrected chi connectivity index (χ0v) is 13.3. The average Bonchev–Trinajstić information content (AvgIpc) is 2.20. The van der Waals surface area contributed by atoms with Crippen molar-refractivity contribution in [3.05, 3.63) is 0 Å². The van der Waals surface area contributed by atoms with Crippen LogP contribution in [0.3, 0.4) is 0 Å². The van der Waals surface area contributed by atoms with Gasteiger partial charge in [-0.25, -0.2) is 0 Å². The predicted octanol–water partition coefficient (Wildman–Crippen LogP) is 2.18. The number of hydrogen-bond acceptors (Lipinski definition) is 2. The first kappa shape index (κ1) is 16.0. The summed E-state index contributed by atoms with van der Waals surface area (Å²) in [6, 6.07) is -0.787.